The van der Waals surface area contributed by atoms with E-state index in [1.54, 1.807) is 7.05 Å². The van der Waals surface area contributed by atoms with Crippen LogP contribution < -0.4 is 0 Å². The molecular weight excluding hydrogens is 202 g/mol. The van der Waals surface area contributed by atoms with Gasteiger partial charge in [-0.15, -0.1) is 4.91 Å². The van der Waals surface area contributed by atoms with Gasteiger partial charge in [0.05, 0.1) is 7.11 Å². The lowest BCUT2D eigenvalue weighted by atomic mass is 10.4. The molecule has 86 valence electrons. The van der Waals surface area contributed by atoms with Crippen molar-refractivity contribution in [3.63, 3.8) is 0 Å². The molecule has 0 aliphatic carbocycles. The van der Waals surface area contributed by atoms with E-state index >= 15 is 0 Å². The minimum absolute atomic E-state index is 0.367. The third kappa shape index (κ3) is 4.94. The van der Waals surface area contributed by atoms with Crippen LogP contribution in [-0.2, 0) is 4.74 Å². The summed E-state index contributed by atoms with van der Waals surface area (Å²) < 4.78 is 4.48. The van der Waals surface area contributed by atoms with E-state index < -0.39 is 12.1 Å². The number of hydrogen-bond donors (Lipinski definition) is 0. The summed E-state index contributed by atoms with van der Waals surface area (Å²) in [5, 5.41) is 2.27. The maximum absolute atomic E-state index is 10.9. The van der Waals surface area contributed by atoms with Crippen LogP contribution in [0.15, 0.2) is 5.18 Å². The molecule has 0 rings (SSSR count). The highest BCUT2D eigenvalue weighted by Gasteiger charge is 2.10. The molecule has 0 aromatic rings. The Morgan fingerprint density at radius 3 is 2.20 bits per heavy atom. The van der Waals surface area contributed by atoms with E-state index in [0.717, 1.165) is 0 Å². The van der Waals surface area contributed by atoms with Crippen molar-refractivity contribution in [2.45, 2.75) is 6.42 Å². The second-order valence-corrected chi connectivity index (χ2v) is 3.04. The van der Waals surface area contributed by atoms with E-state index in [4.69, 9.17) is 0 Å². The third-order valence-corrected chi connectivity index (χ3v) is 1.88. The van der Waals surface area contributed by atoms with Gasteiger partial charge in [0.1, 0.15) is 0 Å². The molecule has 0 saturated heterocycles. The lowest BCUT2D eigenvalue weighted by Gasteiger charge is -2.17. The summed E-state index contributed by atoms with van der Waals surface area (Å²) in [4.78, 5) is 34.1. The molecule has 7 nitrogen and oxygen atoms in total. The predicted molar refractivity (Wildman–Crippen MR) is 53.5 cm³/mol. The summed E-state index contributed by atoms with van der Waals surface area (Å²) in [6, 6.07) is -0.810. The van der Waals surface area contributed by atoms with E-state index in [1.165, 1.54) is 24.0 Å². The van der Waals surface area contributed by atoms with Crippen molar-refractivity contribution in [2.75, 3.05) is 34.3 Å². The number of methoxy groups -OCH3 is 1. The first-order chi connectivity index (χ1) is 7.02. The molecule has 0 aromatic heterocycles. The van der Waals surface area contributed by atoms with Crippen LogP contribution in [0.25, 0.3) is 0 Å². The monoisotopic (exact) mass is 217 g/mol. The molecule has 0 unspecified atom stereocenters. The number of nitroso groups, excluding NO2 is 1. The lowest BCUT2D eigenvalue weighted by molar-refractivity contribution is 0.132. The van der Waals surface area contributed by atoms with E-state index in [-0.39, 0.29) is 0 Å². The van der Waals surface area contributed by atoms with Gasteiger partial charge < -0.3 is 14.5 Å². The Kier molecular flexibility index (Phi) is 6.00. The van der Waals surface area contributed by atoms with Crippen molar-refractivity contribution >= 4 is 12.1 Å². The number of carbonyl (C=O) groups is 2. The van der Waals surface area contributed by atoms with Crippen molar-refractivity contribution in [3.05, 3.63) is 4.91 Å². The quantitative estimate of drug-likeness (QED) is 0.655. The molecule has 0 heterocycles. The number of urea groups is 1. The third-order valence-electron chi connectivity index (χ3n) is 1.88. The summed E-state index contributed by atoms with van der Waals surface area (Å²) in [6.07, 6.45) is 0.126. The van der Waals surface area contributed by atoms with Crippen molar-refractivity contribution in [3.8, 4) is 0 Å². The van der Waals surface area contributed by atoms with Gasteiger partial charge in [0.15, 0.2) is 0 Å². The molecule has 0 fully saturated rings. The Labute approximate surface area is 87.9 Å². The molecule has 7 heteroatoms. The standard InChI is InChI=1S/C8H15N3O4/c1-10(7(12)9-14)5-4-6-11(2)8(13)15-3/h4-6H2,1-3H3. The Hall–Kier alpha value is -1.66. The zero-order valence-electron chi connectivity index (χ0n) is 9.10. The first kappa shape index (κ1) is 13.3. The van der Waals surface area contributed by atoms with Crippen LogP contribution in [0.3, 0.4) is 0 Å². The highest BCUT2D eigenvalue weighted by atomic mass is 16.5. The van der Waals surface area contributed by atoms with Gasteiger partial charge in [0, 0.05) is 32.4 Å². The number of rotatable bonds is 4. The molecule has 0 aromatic carbocycles. The number of ether oxygens (including phenoxy) is 1. The van der Waals surface area contributed by atoms with Gasteiger partial charge in [-0.1, -0.05) is 0 Å². The molecule has 0 saturated carbocycles. The van der Waals surface area contributed by atoms with Gasteiger partial charge >= 0.3 is 12.1 Å². The summed E-state index contributed by atoms with van der Waals surface area (Å²) in [7, 11) is 4.36. The molecule has 0 radical (unpaired) electrons. The Morgan fingerprint density at radius 2 is 1.73 bits per heavy atom. The smallest absolute Gasteiger partial charge is 0.409 e. The lowest BCUT2D eigenvalue weighted by Crippen LogP contribution is -2.31. The Balaban J connectivity index is 3.74. The first-order valence-electron chi connectivity index (χ1n) is 4.40. The molecule has 15 heavy (non-hydrogen) atoms. The Bertz CT molecular complexity index is 244. The molecule has 3 amide bonds. The number of amides is 3. The van der Waals surface area contributed by atoms with Crippen LogP contribution in [0.2, 0.25) is 0 Å². The van der Waals surface area contributed by atoms with Crippen LogP contribution in [0, 0.1) is 4.91 Å². The largest absolute Gasteiger partial charge is 0.453 e. The van der Waals surface area contributed by atoms with Crippen LogP contribution in [0.4, 0.5) is 9.59 Å². The molecule has 0 atom stereocenters. The maximum Gasteiger partial charge on any atom is 0.409 e. The number of nitrogens with zero attached hydrogens (tertiary/aromatic N) is 3. The highest BCUT2D eigenvalue weighted by molar-refractivity contribution is 5.74. The fraction of sp³-hybridized carbons (Fsp3) is 0.750. The van der Waals surface area contributed by atoms with Crippen LogP contribution in [0.5, 0.6) is 0 Å². The van der Waals surface area contributed by atoms with Gasteiger partial charge in [-0.3, -0.25) is 0 Å². The molecule has 0 N–H and O–H groups in total. The molecule has 0 aliphatic heterocycles. The van der Waals surface area contributed by atoms with Gasteiger partial charge in [0.2, 0.25) is 0 Å². The van der Waals surface area contributed by atoms with Gasteiger partial charge in [-0.25, -0.2) is 9.59 Å². The minimum atomic E-state index is -0.810. The number of carbonyl (C=O) groups excluding carboxylic acids is 2. The maximum atomic E-state index is 10.9. The van der Waals surface area contributed by atoms with Crippen molar-refractivity contribution in [2.24, 2.45) is 5.18 Å². The van der Waals surface area contributed by atoms with E-state index in [1.807, 2.05) is 0 Å². The first-order valence-corrected chi connectivity index (χ1v) is 4.40. The minimum Gasteiger partial charge on any atom is -0.453 e. The fourth-order valence-corrected chi connectivity index (χ4v) is 0.958. The van der Waals surface area contributed by atoms with Crippen LogP contribution in [-0.4, -0.2) is 56.2 Å². The van der Waals surface area contributed by atoms with Crippen molar-refractivity contribution < 1.29 is 14.3 Å². The average Bonchev–Trinajstić information content (AvgIpc) is 2.26. The predicted octanol–water partition coefficient (Wildman–Crippen LogP) is 0.893. The summed E-state index contributed by atoms with van der Waals surface area (Å²) in [6.45, 7) is 0.815. The van der Waals surface area contributed by atoms with Crippen LogP contribution >= 0.6 is 0 Å². The fourth-order valence-electron chi connectivity index (χ4n) is 0.958. The van der Waals surface area contributed by atoms with E-state index in [9.17, 15) is 14.5 Å². The molecule has 0 aliphatic rings. The van der Waals surface area contributed by atoms with Gasteiger partial charge in [0.25, 0.3) is 0 Å². The van der Waals surface area contributed by atoms with Gasteiger partial charge in [-0.05, 0) is 6.42 Å². The van der Waals surface area contributed by atoms with E-state index in [0.29, 0.717) is 19.5 Å². The normalized spacial score (nSPS) is 9.27. The second kappa shape index (κ2) is 6.74. The molecule has 0 bridgehead atoms. The van der Waals surface area contributed by atoms with Crippen molar-refractivity contribution in [1.82, 2.24) is 9.80 Å². The number of hydrogen-bond acceptors (Lipinski definition) is 4. The average molecular weight is 217 g/mol. The summed E-state index contributed by atoms with van der Waals surface area (Å²) in [5.74, 6) is 0. The second-order valence-electron chi connectivity index (χ2n) is 3.04. The SMILES string of the molecule is COC(=O)N(C)CCCN(C)C(=O)N=O. The van der Waals surface area contributed by atoms with Gasteiger partial charge in [-0.2, -0.15) is 0 Å². The topological polar surface area (TPSA) is 79.3 Å². The molecular formula is C8H15N3O4. The Morgan fingerprint density at radius 1 is 1.20 bits per heavy atom. The zero-order valence-corrected chi connectivity index (χ0v) is 9.10. The summed E-state index contributed by atoms with van der Waals surface area (Å²) in [5.41, 5.74) is 0. The van der Waals surface area contributed by atoms with Crippen LogP contribution in [0.1, 0.15) is 6.42 Å². The highest BCUT2D eigenvalue weighted by Crippen LogP contribution is 1.95. The summed E-state index contributed by atoms with van der Waals surface area (Å²) >= 11 is 0. The van der Waals surface area contributed by atoms with E-state index in [2.05, 4.69) is 9.91 Å². The molecule has 0 spiro atoms. The zero-order chi connectivity index (χ0) is 11.8. The van der Waals surface area contributed by atoms with Crippen molar-refractivity contribution in [1.29, 1.82) is 0 Å².